The number of carboxylic acid groups (broad SMARTS) is 1. The lowest BCUT2D eigenvalue weighted by molar-refractivity contribution is 0.0699. The van der Waals surface area contributed by atoms with Crippen LogP contribution in [0.4, 0.5) is 0 Å². The van der Waals surface area contributed by atoms with Crippen LogP contribution in [0, 0.1) is 6.92 Å². The molecule has 0 atom stereocenters. The number of sulfonamides is 1. The molecule has 7 heteroatoms. The van der Waals surface area contributed by atoms with E-state index < -0.39 is 16.0 Å². The van der Waals surface area contributed by atoms with E-state index in [9.17, 15) is 18.3 Å². The van der Waals surface area contributed by atoms with Crippen molar-refractivity contribution >= 4 is 26.9 Å². The molecular formula is C15H16N2O4S. The molecule has 6 nitrogen and oxygen atoms in total. The molecule has 0 spiro atoms. The topological polar surface area (TPSA) is 87.6 Å². The maximum absolute atomic E-state index is 12.6. The van der Waals surface area contributed by atoms with Gasteiger partial charge in [-0.05, 0) is 44.0 Å². The molecule has 0 saturated carbocycles. The number of aryl methyl sites for hydroxylation is 1. The van der Waals surface area contributed by atoms with Crippen LogP contribution in [-0.4, -0.2) is 41.9 Å². The highest BCUT2D eigenvalue weighted by Crippen LogP contribution is 2.26. The molecule has 3 rings (SSSR count). The third-order valence-corrected chi connectivity index (χ3v) is 5.74. The fraction of sp³-hybridized carbons (Fsp3) is 0.333. The number of pyridine rings is 1. The molecule has 0 unspecified atom stereocenters. The Morgan fingerprint density at radius 2 is 1.91 bits per heavy atom. The van der Waals surface area contributed by atoms with Crippen LogP contribution in [0.15, 0.2) is 29.2 Å². The highest BCUT2D eigenvalue weighted by molar-refractivity contribution is 7.89. The van der Waals surface area contributed by atoms with Crippen molar-refractivity contribution in [2.24, 2.45) is 0 Å². The predicted molar refractivity (Wildman–Crippen MR) is 81.4 cm³/mol. The van der Waals surface area contributed by atoms with Crippen LogP contribution in [0.1, 0.15) is 28.9 Å². The van der Waals surface area contributed by atoms with Crippen LogP contribution in [0.25, 0.3) is 10.9 Å². The van der Waals surface area contributed by atoms with Crippen molar-refractivity contribution < 1.29 is 18.3 Å². The molecule has 1 aliphatic heterocycles. The molecular weight excluding hydrogens is 304 g/mol. The Morgan fingerprint density at radius 3 is 2.55 bits per heavy atom. The van der Waals surface area contributed by atoms with Gasteiger partial charge in [0.2, 0.25) is 10.0 Å². The van der Waals surface area contributed by atoms with Gasteiger partial charge >= 0.3 is 5.97 Å². The molecule has 0 radical (unpaired) electrons. The summed E-state index contributed by atoms with van der Waals surface area (Å²) in [7, 11) is -3.57. The summed E-state index contributed by atoms with van der Waals surface area (Å²) in [6.45, 7) is 2.73. The van der Waals surface area contributed by atoms with Gasteiger partial charge in [0.15, 0.2) is 0 Å². The summed E-state index contributed by atoms with van der Waals surface area (Å²) in [4.78, 5) is 15.8. The smallest absolute Gasteiger partial charge is 0.336 e. The van der Waals surface area contributed by atoms with Gasteiger partial charge in [0.1, 0.15) is 0 Å². The molecule has 22 heavy (non-hydrogen) atoms. The summed E-state index contributed by atoms with van der Waals surface area (Å²) in [5.74, 6) is -1.09. The molecule has 1 aliphatic rings. The summed E-state index contributed by atoms with van der Waals surface area (Å²) in [5.41, 5.74) is 1.14. The van der Waals surface area contributed by atoms with Gasteiger partial charge in [-0.3, -0.25) is 4.98 Å². The largest absolute Gasteiger partial charge is 0.478 e. The predicted octanol–water partition coefficient (Wildman–Crippen LogP) is 2.03. The van der Waals surface area contributed by atoms with Gasteiger partial charge in [-0.15, -0.1) is 0 Å². The Morgan fingerprint density at radius 1 is 1.23 bits per heavy atom. The van der Waals surface area contributed by atoms with E-state index in [0.29, 0.717) is 29.7 Å². The number of carbonyl (C=O) groups is 1. The molecule has 0 bridgehead atoms. The number of hydrogen-bond acceptors (Lipinski definition) is 4. The summed E-state index contributed by atoms with van der Waals surface area (Å²) in [6, 6.07) is 5.93. The van der Waals surface area contributed by atoms with Crippen molar-refractivity contribution in [1.29, 1.82) is 0 Å². The Kier molecular flexibility index (Phi) is 3.62. The number of aromatic nitrogens is 1. The lowest BCUT2D eigenvalue weighted by atomic mass is 10.1. The maximum atomic E-state index is 12.6. The first-order valence-corrected chi connectivity index (χ1v) is 8.48. The lowest BCUT2D eigenvalue weighted by Gasteiger charge is -2.16. The number of aromatic carboxylic acids is 1. The molecule has 0 aliphatic carbocycles. The average molecular weight is 320 g/mol. The number of fused-ring (bicyclic) bond motifs is 1. The molecule has 116 valence electrons. The molecule has 1 N–H and O–H groups in total. The van der Waals surface area contributed by atoms with E-state index in [1.807, 2.05) is 0 Å². The van der Waals surface area contributed by atoms with Crippen molar-refractivity contribution in [2.75, 3.05) is 13.1 Å². The van der Waals surface area contributed by atoms with Crippen LogP contribution in [-0.2, 0) is 10.0 Å². The SMILES string of the molecule is Cc1cc(C(=O)O)c2cc(S(=O)(=O)N3CCCC3)ccc2n1. The van der Waals surface area contributed by atoms with Gasteiger partial charge in [-0.2, -0.15) is 4.31 Å². The van der Waals surface area contributed by atoms with Crippen LogP contribution in [0.2, 0.25) is 0 Å². The van der Waals surface area contributed by atoms with E-state index in [-0.39, 0.29) is 10.5 Å². The lowest BCUT2D eigenvalue weighted by Crippen LogP contribution is -2.27. The van der Waals surface area contributed by atoms with E-state index in [1.165, 1.54) is 22.5 Å². The zero-order chi connectivity index (χ0) is 15.9. The summed E-state index contributed by atoms with van der Waals surface area (Å²) < 4.78 is 26.6. The highest BCUT2D eigenvalue weighted by Gasteiger charge is 2.27. The van der Waals surface area contributed by atoms with E-state index in [1.54, 1.807) is 13.0 Å². The minimum absolute atomic E-state index is 0.0703. The Bertz CT molecular complexity index is 855. The molecule has 1 fully saturated rings. The first kappa shape index (κ1) is 14.9. The number of hydrogen-bond donors (Lipinski definition) is 1. The molecule has 1 aromatic heterocycles. The zero-order valence-corrected chi connectivity index (χ0v) is 12.9. The van der Waals surface area contributed by atoms with E-state index in [0.717, 1.165) is 12.8 Å². The molecule has 2 aromatic rings. The monoisotopic (exact) mass is 320 g/mol. The normalized spacial score (nSPS) is 16.2. The first-order valence-electron chi connectivity index (χ1n) is 7.04. The summed E-state index contributed by atoms with van der Waals surface area (Å²) in [5, 5.41) is 9.67. The van der Waals surface area contributed by atoms with Crippen molar-refractivity contribution in [3.63, 3.8) is 0 Å². The molecule has 2 heterocycles. The summed E-state index contributed by atoms with van der Waals surface area (Å²) in [6.07, 6.45) is 1.71. The van der Waals surface area contributed by atoms with Crippen molar-refractivity contribution in [1.82, 2.24) is 9.29 Å². The number of nitrogens with zero attached hydrogens (tertiary/aromatic N) is 2. The molecule has 1 aromatic carbocycles. The third kappa shape index (κ3) is 2.46. The quantitative estimate of drug-likeness (QED) is 0.935. The summed E-state index contributed by atoms with van der Waals surface area (Å²) >= 11 is 0. The zero-order valence-electron chi connectivity index (χ0n) is 12.1. The van der Waals surface area contributed by atoms with Crippen LogP contribution >= 0.6 is 0 Å². The second kappa shape index (κ2) is 5.33. The van der Waals surface area contributed by atoms with Gasteiger partial charge < -0.3 is 5.11 Å². The number of benzene rings is 1. The van der Waals surface area contributed by atoms with Crippen LogP contribution < -0.4 is 0 Å². The fourth-order valence-electron chi connectivity index (χ4n) is 2.75. The second-order valence-electron chi connectivity index (χ2n) is 5.41. The molecule has 0 amide bonds. The Balaban J connectivity index is 2.19. The Hall–Kier alpha value is -1.99. The van der Waals surface area contributed by atoms with Crippen LogP contribution in [0.5, 0.6) is 0 Å². The van der Waals surface area contributed by atoms with Crippen molar-refractivity contribution in [3.8, 4) is 0 Å². The first-order chi connectivity index (χ1) is 10.4. The highest BCUT2D eigenvalue weighted by atomic mass is 32.2. The minimum Gasteiger partial charge on any atom is -0.478 e. The fourth-order valence-corrected chi connectivity index (χ4v) is 4.30. The van der Waals surface area contributed by atoms with Crippen molar-refractivity contribution in [3.05, 3.63) is 35.5 Å². The van der Waals surface area contributed by atoms with Gasteiger partial charge in [0, 0.05) is 24.2 Å². The second-order valence-corrected chi connectivity index (χ2v) is 7.34. The van der Waals surface area contributed by atoms with E-state index >= 15 is 0 Å². The van der Waals surface area contributed by atoms with Gasteiger partial charge in [0.05, 0.1) is 16.0 Å². The number of rotatable bonds is 3. The van der Waals surface area contributed by atoms with Gasteiger partial charge in [-0.25, -0.2) is 13.2 Å². The van der Waals surface area contributed by atoms with Gasteiger partial charge in [-0.1, -0.05) is 0 Å². The standard InChI is InChI=1S/C15H16N2O4S/c1-10-8-13(15(18)19)12-9-11(4-5-14(12)16-10)22(20,21)17-6-2-3-7-17/h4-5,8-9H,2-3,6-7H2,1H3,(H,18,19). The third-order valence-electron chi connectivity index (χ3n) is 3.84. The van der Waals surface area contributed by atoms with E-state index in [2.05, 4.69) is 4.98 Å². The maximum Gasteiger partial charge on any atom is 0.336 e. The minimum atomic E-state index is -3.57. The van der Waals surface area contributed by atoms with Gasteiger partial charge in [0.25, 0.3) is 0 Å². The van der Waals surface area contributed by atoms with Crippen LogP contribution in [0.3, 0.4) is 0 Å². The molecule has 1 saturated heterocycles. The van der Waals surface area contributed by atoms with E-state index in [4.69, 9.17) is 0 Å². The van der Waals surface area contributed by atoms with Crippen molar-refractivity contribution in [2.45, 2.75) is 24.7 Å². The number of carboxylic acids is 1. The average Bonchev–Trinajstić information content (AvgIpc) is 3.00. The Labute approximate surface area is 128 Å².